The van der Waals surface area contributed by atoms with Gasteiger partial charge in [0.1, 0.15) is 11.8 Å². The maximum Gasteiger partial charge on any atom is 0.271 e. The summed E-state index contributed by atoms with van der Waals surface area (Å²) >= 11 is 5.80. The van der Waals surface area contributed by atoms with Crippen LogP contribution in [0.5, 0.6) is 5.88 Å². The standard InChI is InChI=1S/C16H17ClN4O2/c17-11-1-6-15(20-9-11)23-13-4-2-12(3-5-13)21-16(22)14-10-18-7-8-19-14/h1,6-10,12-13H,2-5H2,(H,21,22). The minimum absolute atomic E-state index is 0.119. The van der Waals surface area contributed by atoms with Crippen LogP contribution in [0.3, 0.4) is 0 Å². The topological polar surface area (TPSA) is 77.0 Å². The maximum atomic E-state index is 12.0. The van der Waals surface area contributed by atoms with Crippen LogP contribution in [-0.4, -0.2) is 33.0 Å². The molecule has 1 saturated carbocycles. The first-order chi connectivity index (χ1) is 11.2. The Morgan fingerprint density at radius 1 is 1.13 bits per heavy atom. The van der Waals surface area contributed by atoms with Crippen LogP contribution < -0.4 is 10.1 Å². The lowest BCUT2D eigenvalue weighted by molar-refractivity contribution is 0.0885. The van der Waals surface area contributed by atoms with Gasteiger partial charge in [0.15, 0.2) is 0 Å². The molecule has 1 N–H and O–H groups in total. The summed E-state index contributed by atoms with van der Waals surface area (Å²) in [4.78, 5) is 24.1. The summed E-state index contributed by atoms with van der Waals surface area (Å²) in [5, 5.41) is 3.59. The van der Waals surface area contributed by atoms with Gasteiger partial charge in [-0.2, -0.15) is 0 Å². The summed E-state index contributed by atoms with van der Waals surface area (Å²) in [7, 11) is 0. The Balaban J connectivity index is 1.47. The van der Waals surface area contributed by atoms with Gasteiger partial charge in [0.2, 0.25) is 5.88 Å². The molecule has 0 atom stereocenters. The molecule has 0 spiro atoms. The first kappa shape index (κ1) is 15.7. The van der Waals surface area contributed by atoms with Crippen molar-refractivity contribution in [1.82, 2.24) is 20.3 Å². The van der Waals surface area contributed by atoms with E-state index in [1.807, 2.05) is 0 Å². The smallest absolute Gasteiger partial charge is 0.271 e. The molecule has 2 aromatic heterocycles. The van der Waals surface area contributed by atoms with Crippen molar-refractivity contribution in [2.45, 2.75) is 37.8 Å². The highest BCUT2D eigenvalue weighted by atomic mass is 35.5. The number of aromatic nitrogens is 3. The highest BCUT2D eigenvalue weighted by molar-refractivity contribution is 6.30. The molecule has 1 aliphatic rings. The molecular formula is C16H17ClN4O2. The number of nitrogens with one attached hydrogen (secondary N) is 1. The number of halogens is 1. The molecule has 1 aliphatic carbocycles. The number of nitrogens with zero attached hydrogens (tertiary/aromatic N) is 3. The van der Waals surface area contributed by atoms with Crippen LogP contribution in [0.25, 0.3) is 0 Å². The molecular weight excluding hydrogens is 316 g/mol. The fraction of sp³-hybridized carbons (Fsp3) is 0.375. The summed E-state index contributed by atoms with van der Waals surface area (Å²) in [6.45, 7) is 0. The number of rotatable bonds is 4. The second-order valence-electron chi connectivity index (χ2n) is 5.47. The minimum atomic E-state index is -0.179. The van der Waals surface area contributed by atoms with Crippen LogP contribution in [0.4, 0.5) is 0 Å². The number of carbonyl (C=O) groups is 1. The third kappa shape index (κ3) is 4.39. The Morgan fingerprint density at radius 3 is 2.61 bits per heavy atom. The molecule has 3 rings (SSSR count). The molecule has 0 aromatic carbocycles. The molecule has 2 aromatic rings. The zero-order chi connectivity index (χ0) is 16.1. The van der Waals surface area contributed by atoms with Gasteiger partial charge in [-0.25, -0.2) is 9.97 Å². The maximum absolute atomic E-state index is 12.0. The summed E-state index contributed by atoms with van der Waals surface area (Å²) in [6, 6.07) is 3.67. The fourth-order valence-electron chi connectivity index (χ4n) is 2.60. The monoisotopic (exact) mass is 332 g/mol. The Bertz CT molecular complexity index is 643. The van der Waals surface area contributed by atoms with Gasteiger partial charge in [-0.3, -0.25) is 9.78 Å². The van der Waals surface area contributed by atoms with Crippen LogP contribution in [0.2, 0.25) is 5.02 Å². The zero-order valence-electron chi connectivity index (χ0n) is 12.5. The van der Waals surface area contributed by atoms with Gasteiger partial charge in [-0.1, -0.05) is 11.6 Å². The number of hydrogen-bond donors (Lipinski definition) is 1. The highest BCUT2D eigenvalue weighted by Crippen LogP contribution is 2.23. The molecule has 7 heteroatoms. The van der Waals surface area contributed by atoms with Crippen molar-refractivity contribution in [3.8, 4) is 5.88 Å². The van der Waals surface area contributed by atoms with Crippen molar-refractivity contribution in [3.05, 3.63) is 47.6 Å². The van der Waals surface area contributed by atoms with E-state index < -0.39 is 0 Å². The van der Waals surface area contributed by atoms with Crippen molar-refractivity contribution in [3.63, 3.8) is 0 Å². The Hall–Kier alpha value is -2.21. The van der Waals surface area contributed by atoms with Gasteiger partial charge in [0.25, 0.3) is 5.91 Å². The van der Waals surface area contributed by atoms with Crippen LogP contribution in [-0.2, 0) is 0 Å². The van der Waals surface area contributed by atoms with Crippen LogP contribution in [0, 0.1) is 0 Å². The lowest BCUT2D eigenvalue weighted by Crippen LogP contribution is -2.40. The SMILES string of the molecule is O=C(NC1CCC(Oc2ccc(Cl)cn2)CC1)c1cnccn1. The van der Waals surface area contributed by atoms with Crippen LogP contribution in [0.1, 0.15) is 36.2 Å². The molecule has 2 heterocycles. The number of hydrogen-bond acceptors (Lipinski definition) is 5. The van der Waals surface area contributed by atoms with Crippen LogP contribution >= 0.6 is 11.6 Å². The summed E-state index contributed by atoms with van der Waals surface area (Å²) in [5.41, 5.74) is 0.344. The summed E-state index contributed by atoms with van der Waals surface area (Å²) < 4.78 is 5.84. The van der Waals surface area contributed by atoms with Gasteiger partial charge >= 0.3 is 0 Å². The van der Waals surface area contributed by atoms with Crippen molar-refractivity contribution in [1.29, 1.82) is 0 Å². The number of ether oxygens (including phenoxy) is 1. The first-order valence-corrected chi connectivity index (χ1v) is 7.93. The summed E-state index contributed by atoms with van der Waals surface area (Å²) in [5.74, 6) is 0.406. The average molecular weight is 333 g/mol. The highest BCUT2D eigenvalue weighted by Gasteiger charge is 2.24. The van der Waals surface area contributed by atoms with E-state index in [0.717, 1.165) is 25.7 Å². The molecule has 0 aliphatic heterocycles. The van der Waals surface area contributed by atoms with Crippen molar-refractivity contribution < 1.29 is 9.53 Å². The van der Waals surface area contributed by atoms with E-state index in [-0.39, 0.29) is 18.1 Å². The van der Waals surface area contributed by atoms with E-state index in [2.05, 4.69) is 20.3 Å². The van der Waals surface area contributed by atoms with E-state index in [0.29, 0.717) is 16.6 Å². The van der Waals surface area contributed by atoms with E-state index >= 15 is 0 Å². The van der Waals surface area contributed by atoms with Crippen molar-refractivity contribution >= 4 is 17.5 Å². The van der Waals surface area contributed by atoms with Gasteiger partial charge in [-0.15, -0.1) is 0 Å². The number of pyridine rings is 1. The molecule has 120 valence electrons. The molecule has 23 heavy (non-hydrogen) atoms. The van der Waals surface area contributed by atoms with Gasteiger partial charge in [0.05, 0.1) is 11.2 Å². The Morgan fingerprint density at radius 2 is 1.96 bits per heavy atom. The van der Waals surface area contributed by atoms with E-state index in [9.17, 15) is 4.79 Å². The average Bonchev–Trinajstić information content (AvgIpc) is 2.59. The van der Waals surface area contributed by atoms with Gasteiger partial charge in [-0.05, 0) is 31.7 Å². The fourth-order valence-corrected chi connectivity index (χ4v) is 2.72. The quantitative estimate of drug-likeness (QED) is 0.931. The molecule has 6 nitrogen and oxygen atoms in total. The van der Waals surface area contributed by atoms with Crippen molar-refractivity contribution in [2.75, 3.05) is 0 Å². The first-order valence-electron chi connectivity index (χ1n) is 7.56. The molecule has 0 radical (unpaired) electrons. The molecule has 0 saturated heterocycles. The molecule has 0 bridgehead atoms. The zero-order valence-corrected chi connectivity index (χ0v) is 13.2. The molecule has 1 fully saturated rings. The minimum Gasteiger partial charge on any atom is -0.474 e. The van der Waals surface area contributed by atoms with Gasteiger partial charge < -0.3 is 10.1 Å². The van der Waals surface area contributed by atoms with Crippen molar-refractivity contribution in [2.24, 2.45) is 0 Å². The predicted octanol–water partition coefficient (Wildman–Crippen LogP) is 2.65. The molecule has 1 amide bonds. The molecule has 0 unspecified atom stereocenters. The predicted molar refractivity (Wildman–Crippen MR) is 85.4 cm³/mol. The Labute approximate surface area is 139 Å². The third-order valence-corrected chi connectivity index (χ3v) is 4.02. The van der Waals surface area contributed by atoms with E-state index in [1.54, 1.807) is 24.5 Å². The number of carbonyl (C=O) groups excluding carboxylic acids is 1. The summed E-state index contributed by atoms with van der Waals surface area (Å²) in [6.07, 6.45) is 9.69. The third-order valence-electron chi connectivity index (χ3n) is 3.79. The lowest BCUT2D eigenvalue weighted by atomic mass is 9.93. The normalized spacial score (nSPS) is 20.7. The lowest BCUT2D eigenvalue weighted by Gasteiger charge is -2.29. The largest absolute Gasteiger partial charge is 0.474 e. The second-order valence-corrected chi connectivity index (χ2v) is 5.91. The van der Waals surface area contributed by atoms with Gasteiger partial charge in [0, 0.05) is 30.7 Å². The second kappa shape index (κ2) is 7.37. The van der Waals surface area contributed by atoms with E-state index in [1.165, 1.54) is 12.4 Å². The van der Waals surface area contributed by atoms with E-state index in [4.69, 9.17) is 16.3 Å². The number of amides is 1. The van der Waals surface area contributed by atoms with Crippen LogP contribution in [0.15, 0.2) is 36.9 Å². The Kier molecular flexibility index (Phi) is 5.02.